The fourth-order valence-corrected chi connectivity index (χ4v) is 12.1. The molecule has 0 atom stereocenters. The quantitative estimate of drug-likeness (QED) is 0.0810. The summed E-state index contributed by atoms with van der Waals surface area (Å²) in [6, 6.07) is 49.3. The summed E-state index contributed by atoms with van der Waals surface area (Å²) < 4.78 is 37.5. The molecule has 0 radical (unpaired) electrons. The van der Waals surface area contributed by atoms with Gasteiger partial charge in [0, 0.05) is 0 Å². The first-order valence-electron chi connectivity index (χ1n) is 29.2. The molecule has 0 unspecified atom stereocenters. The summed E-state index contributed by atoms with van der Waals surface area (Å²) in [4.78, 5) is 27.5. The minimum atomic E-state index is 0.0589. The number of rotatable bonds is 18. The van der Waals surface area contributed by atoms with E-state index in [1.54, 1.807) is 0 Å². The smallest absolute Gasteiger partial charge is 0.331 e. The number of ether oxygens (including phenoxy) is 6. The Balaban J connectivity index is 0.715. The van der Waals surface area contributed by atoms with Crippen molar-refractivity contribution in [2.75, 3.05) is 0 Å². The van der Waals surface area contributed by atoms with Crippen LogP contribution in [0.3, 0.4) is 0 Å². The zero-order chi connectivity index (χ0) is 53.0. The molecule has 12 heteroatoms. The van der Waals surface area contributed by atoms with Crippen molar-refractivity contribution >= 4 is 0 Å². The van der Waals surface area contributed by atoms with Gasteiger partial charge in [-0.05, 0) is 188 Å². The van der Waals surface area contributed by atoms with E-state index in [0.717, 1.165) is 11.1 Å². The average molecular weight is 1060 g/mol. The molecule has 0 spiro atoms. The Morgan fingerprint density at radius 1 is 0.228 bits per heavy atom. The Bertz CT molecular complexity index is 2820. The van der Waals surface area contributed by atoms with Crippen LogP contribution in [0.2, 0.25) is 0 Å². The Morgan fingerprint density at radius 3 is 0.595 bits per heavy atom. The lowest BCUT2D eigenvalue weighted by Crippen LogP contribution is -2.05. The van der Waals surface area contributed by atoms with Crippen molar-refractivity contribution in [2.45, 2.75) is 159 Å². The van der Waals surface area contributed by atoms with Gasteiger partial charge in [0.05, 0.1) is 0 Å². The van der Waals surface area contributed by atoms with E-state index in [4.69, 9.17) is 28.4 Å². The van der Waals surface area contributed by atoms with Gasteiger partial charge >= 0.3 is 36.1 Å². The van der Waals surface area contributed by atoms with E-state index in [0.29, 0.717) is 64.6 Å². The maximum absolute atomic E-state index is 6.27. The van der Waals surface area contributed by atoms with Crippen molar-refractivity contribution in [3.63, 3.8) is 0 Å². The first kappa shape index (κ1) is 51.9. The summed E-state index contributed by atoms with van der Waals surface area (Å²) in [7, 11) is 0. The average Bonchev–Trinajstić information content (AvgIpc) is 3.51. The standard InChI is InChI=1S/C67H70N6O6/c1-5-13-48(14-6-1)52-25-37-58(38-26-52)76-64-68-62(69-65(72-64)77-59-39-27-53(28-40-59)49-15-7-2-8-16-49)74-56-33-21-46(22-34-56)45-47-23-35-57(36-24-47)75-63-70-66(78-60-41-29-54(30-42-60)50-17-9-3-10-18-50)73-67(71-63)79-61-43-31-55(32-44-61)51-19-11-4-12-20-51/h21-44,48-51H,1-20,45H2. The van der Waals surface area contributed by atoms with E-state index >= 15 is 0 Å². The highest BCUT2D eigenvalue weighted by molar-refractivity contribution is 5.39. The van der Waals surface area contributed by atoms with Crippen LogP contribution in [0.1, 0.15) is 185 Å². The summed E-state index contributed by atoms with van der Waals surface area (Å²) in [6.45, 7) is 0. The second-order valence-corrected chi connectivity index (χ2v) is 22.1. The summed E-state index contributed by atoms with van der Waals surface area (Å²) in [5.74, 6) is 6.00. The Morgan fingerprint density at radius 2 is 0.405 bits per heavy atom. The van der Waals surface area contributed by atoms with Crippen LogP contribution >= 0.6 is 0 Å². The molecule has 2 aromatic heterocycles. The molecule has 8 aromatic rings. The summed E-state index contributed by atoms with van der Waals surface area (Å²) in [5, 5.41) is 0. The lowest BCUT2D eigenvalue weighted by Gasteiger charge is -2.22. The zero-order valence-electron chi connectivity index (χ0n) is 45.1. The Kier molecular flexibility index (Phi) is 16.6. The molecular formula is C67H70N6O6. The first-order valence-corrected chi connectivity index (χ1v) is 29.2. The lowest BCUT2D eigenvalue weighted by atomic mass is 9.84. The van der Waals surface area contributed by atoms with Crippen LogP contribution in [-0.4, -0.2) is 29.9 Å². The number of hydrogen-bond donors (Lipinski definition) is 0. The number of aromatic nitrogens is 6. The van der Waals surface area contributed by atoms with E-state index in [2.05, 4.69) is 78.4 Å². The van der Waals surface area contributed by atoms with Crippen LogP contribution in [0.4, 0.5) is 0 Å². The monoisotopic (exact) mass is 1050 g/mol. The fraction of sp³-hybridized carbons (Fsp3) is 0.373. The van der Waals surface area contributed by atoms with Gasteiger partial charge in [-0.15, -0.1) is 29.9 Å². The van der Waals surface area contributed by atoms with E-state index < -0.39 is 0 Å². The molecule has 0 aliphatic heterocycles. The molecule has 404 valence electrons. The third-order valence-electron chi connectivity index (χ3n) is 16.5. The SMILES string of the molecule is c1cc(Oc2nc(Oc3ccc(C4CCCCC4)cc3)nc(Oc3ccc(C4CCCCC4)cc3)n2)ccc1Cc1ccc(Oc2nc(Oc3ccc(C4CCCCC4)cc3)nc(Oc3ccc(C4CCCCC4)cc3)n2)cc1. The molecule has 4 fully saturated rings. The Hall–Kier alpha value is -7.86. The van der Waals surface area contributed by atoms with Crippen LogP contribution in [-0.2, 0) is 6.42 Å². The van der Waals surface area contributed by atoms with E-state index in [-0.39, 0.29) is 36.1 Å². The van der Waals surface area contributed by atoms with Crippen LogP contribution in [0.25, 0.3) is 0 Å². The molecule has 12 nitrogen and oxygen atoms in total. The molecule has 0 saturated heterocycles. The topological polar surface area (TPSA) is 133 Å². The van der Waals surface area contributed by atoms with Gasteiger partial charge in [0.1, 0.15) is 34.5 Å². The molecule has 0 amide bonds. The van der Waals surface area contributed by atoms with Gasteiger partial charge in [0.15, 0.2) is 0 Å². The van der Waals surface area contributed by atoms with Crippen molar-refractivity contribution in [1.29, 1.82) is 0 Å². The largest absolute Gasteiger partial charge is 0.424 e. The normalized spacial score (nSPS) is 16.7. The van der Waals surface area contributed by atoms with Crippen molar-refractivity contribution in [1.82, 2.24) is 29.9 Å². The van der Waals surface area contributed by atoms with Gasteiger partial charge < -0.3 is 28.4 Å². The third-order valence-corrected chi connectivity index (χ3v) is 16.5. The molecule has 0 N–H and O–H groups in total. The Labute approximate surface area is 464 Å². The van der Waals surface area contributed by atoms with E-state index in [9.17, 15) is 0 Å². The summed E-state index contributed by atoms with van der Waals surface area (Å²) in [5.41, 5.74) is 7.53. The van der Waals surface area contributed by atoms with Crippen molar-refractivity contribution in [2.24, 2.45) is 0 Å². The second kappa shape index (κ2) is 25.3. The molecular weight excluding hydrogens is 985 g/mol. The summed E-state index contributed by atoms with van der Waals surface area (Å²) >= 11 is 0. The minimum absolute atomic E-state index is 0.0589. The lowest BCUT2D eigenvalue weighted by molar-refractivity contribution is 0.361. The van der Waals surface area contributed by atoms with Crippen molar-refractivity contribution in [3.05, 3.63) is 179 Å². The van der Waals surface area contributed by atoms with Crippen molar-refractivity contribution < 1.29 is 28.4 Å². The highest BCUT2D eigenvalue weighted by atomic mass is 16.5. The molecule has 12 rings (SSSR count). The number of hydrogen-bond acceptors (Lipinski definition) is 12. The van der Waals surface area contributed by atoms with Gasteiger partial charge in [-0.2, -0.15) is 0 Å². The predicted molar refractivity (Wildman–Crippen MR) is 305 cm³/mol. The van der Waals surface area contributed by atoms with Crippen LogP contribution in [0, 0.1) is 0 Å². The highest BCUT2D eigenvalue weighted by Gasteiger charge is 2.21. The molecule has 0 bridgehead atoms. The second-order valence-electron chi connectivity index (χ2n) is 22.1. The molecule has 4 aliphatic rings. The molecule has 2 heterocycles. The van der Waals surface area contributed by atoms with Crippen LogP contribution in [0.5, 0.6) is 70.6 Å². The van der Waals surface area contributed by atoms with E-state index in [1.165, 1.54) is 151 Å². The highest BCUT2D eigenvalue weighted by Crippen LogP contribution is 2.39. The fourth-order valence-electron chi connectivity index (χ4n) is 12.1. The number of nitrogens with zero attached hydrogens (tertiary/aromatic N) is 6. The number of benzene rings is 6. The van der Waals surface area contributed by atoms with Gasteiger partial charge in [0.25, 0.3) is 0 Å². The molecule has 6 aromatic carbocycles. The van der Waals surface area contributed by atoms with Gasteiger partial charge in [-0.1, -0.05) is 150 Å². The molecule has 4 aliphatic carbocycles. The maximum Gasteiger partial charge on any atom is 0.331 e. The first-order chi connectivity index (χ1) is 39.0. The molecule has 79 heavy (non-hydrogen) atoms. The summed E-state index contributed by atoms with van der Waals surface area (Å²) in [6.07, 6.45) is 26.0. The minimum Gasteiger partial charge on any atom is -0.424 e. The van der Waals surface area contributed by atoms with E-state index in [1.807, 2.05) is 97.1 Å². The van der Waals surface area contributed by atoms with Gasteiger partial charge in [0.2, 0.25) is 0 Å². The van der Waals surface area contributed by atoms with Crippen molar-refractivity contribution in [3.8, 4) is 70.6 Å². The molecule has 4 saturated carbocycles. The van der Waals surface area contributed by atoms with Gasteiger partial charge in [-0.25, -0.2) is 0 Å². The van der Waals surface area contributed by atoms with Crippen LogP contribution < -0.4 is 28.4 Å². The van der Waals surface area contributed by atoms with Crippen LogP contribution in [0.15, 0.2) is 146 Å². The zero-order valence-corrected chi connectivity index (χ0v) is 45.1. The van der Waals surface area contributed by atoms with Gasteiger partial charge in [-0.3, -0.25) is 0 Å². The predicted octanol–water partition coefficient (Wildman–Crippen LogP) is 18.6. The maximum atomic E-state index is 6.27. The third kappa shape index (κ3) is 14.1.